The third-order valence-electron chi connectivity index (χ3n) is 4.44. The van der Waals surface area contributed by atoms with Crippen LogP contribution in [0.3, 0.4) is 0 Å². The summed E-state index contributed by atoms with van der Waals surface area (Å²) < 4.78 is 10.3. The molecule has 5 heteroatoms. The lowest BCUT2D eigenvalue weighted by Gasteiger charge is -2.25. The second-order valence-electron chi connectivity index (χ2n) is 6.12. The van der Waals surface area contributed by atoms with E-state index in [0.717, 1.165) is 11.1 Å². The third-order valence-corrected chi connectivity index (χ3v) is 4.44. The van der Waals surface area contributed by atoms with E-state index in [-0.39, 0.29) is 24.7 Å². The fraction of sp³-hybridized carbons (Fsp3) is 0.316. The topological polar surface area (TPSA) is 76.0 Å². The number of phenols is 1. The zero-order valence-corrected chi connectivity index (χ0v) is 13.4. The number of cyclic esters (lactones) is 1. The first-order valence-corrected chi connectivity index (χ1v) is 7.82. The predicted octanol–water partition coefficient (Wildman–Crippen LogP) is 2.09. The lowest BCUT2D eigenvalue weighted by atomic mass is 9.81. The standard InChI is InChI=1S/C19H20O5/c1-23-17-7-3-5-14(10-17)11-19(22)15(12-24-18(19)21)8-13-4-2-6-16(20)9-13/h2-7,9-10,15,20,22H,8,11-12H2,1H3/t15-,19-/m0/s1. The van der Waals surface area contributed by atoms with Crippen LogP contribution in [0.1, 0.15) is 11.1 Å². The van der Waals surface area contributed by atoms with Gasteiger partial charge in [-0.3, -0.25) is 0 Å². The van der Waals surface area contributed by atoms with Crippen molar-refractivity contribution in [2.75, 3.05) is 13.7 Å². The Bertz CT molecular complexity index is 742. The molecule has 0 bridgehead atoms. The number of carbonyl (C=O) groups excluding carboxylic acids is 1. The van der Waals surface area contributed by atoms with Gasteiger partial charge >= 0.3 is 5.97 Å². The molecule has 24 heavy (non-hydrogen) atoms. The minimum atomic E-state index is -1.59. The summed E-state index contributed by atoms with van der Waals surface area (Å²) in [5.74, 6) is -0.144. The van der Waals surface area contributed by atoms with Crippen molar-refractivity contribution in [2.24, 2.45) is 5.92 Å². The molecule has 2 aromatic carbocycles. The molecule has 1 saturated heterocycles. The summed E-state index contributed by atoms with van der Waals surface area (Å²) in [5.41, 5.74) is 0.0663. The van der Waals surface area contributed by atoms with Gasteiger partial charge in [-0.1, -0.05) is 24.3 Å². The molecule has 5 nitrogen and oxygen atoms in total. The van der Waals surface area contributed by atoms with E-state index >= 15 is 0 Å². The Morgan fingerprint density at radius 2 is 1.96 bits per heavy atom. The Hall–Kier alpha value is -2.53. The molecule has 126 valence electrons. The van der Waals surface area contributed by atoms with Gasteiger partial charge in [0.15, 0.2) is 5.60 Å². The molecule has 3 rings (SSSR count). The van der Waals surface area contributed by atoms with Crippen LogP contribution in [-0.2, 0) is 22.4 Å². The van der Waals surface area contributed by atoms with E-state index < -0.39 is 11.6 Å². The van der Waals surface area contributed by atoms with Gasteiger partial charge in [0.05, 0.1) is 13.7 Å². The molecule has 0 radical (unpaired) electrons. The largest absolute Gasteiger partial charge is 0.508 e. The molecule has 1 aliphatic rings. The van der Waals surface area contributed by atoms with Crippen LogP contribution in [0, 0.1) is 5.92 Å². The van der Waals surface area contributed by atoms with Gasteiger partial charge in [-0.25, -0.2) is 4.79 Å². The summed E-state index contributed by atoms with van der Waals surface area (Å²) >= 11 is 0. The molecular formula is C19H20O5. The first-order chi connectivity index (χ1) is 11.5. The van der Waals surface area contributed by atoms with E-state index in [2.05, 4.69) is 0 Å². The van der Waals surface area contributed by atoms with Gasteiger partial charge in [-0.2, -0.15) is 0 Å². The van der Waals surface area contributed by atoms with Crippen LogP contribution in [0.4, 0.5) is 0 Å². The number of rotatable bonds is 5. The van der Waals surface area contributed by atoms with E-state index in [9.17, 15) is 15.0 Å². The molecule has 0 aromatic heterocycles. The van der Waals surface area contributed by atoms with Crippen molar-refractivity contribution in [1.29, 1.82) is 0 Å². The maximum Gasteiger partial charge on any atom is 0.338 e. The Morgan fingerprint density at radius 3 is 2.71 bits per heavy atom. The minimum Gasteiger partial charge on any atom is -0.508 e. The van der Waals surface area contributed by atoms with E-state index in [0.29, 0.717) is 12.2 Å². The van der Waals surface area contributed by atoms with Gasteiger partial charge in [0.1, 0.15) is 11.5 Å². The zero-order valence-electron chi connectivity index (χ0n) is 13.4. The van der Waals surface area contributed by atoms with Gasteiger partial charge in [-0.15, -0.1) is 0 Å². The van der Waals surface area contributed by atoms with Crippen LogP contribution in [0.2, 0.25) is 0 Å². The Labute approximate surface area is 140 Å². The maximum absolute atomic E-state index is 12.2. The zero-order chi connectivity index (χ0) is 17.2. The number of carbonyl (C=O) groups is 1. The average Bonchev–Trinajstić information content (AvgIpc) is 2.83. The van der Waals surface area contributed by atoms with Crippen molar-refractivity contribution in [2.45, 2.75) is 18.4 Å². The second-order valence-corrected chi connectivity index (χ2v) is 6.12. The molecule has 1 heterocycles. The number of benzene rings is 2. The first-order valence-electron chi connectivity index (χ1n) is 7.82. The van der Waals surface area contributed by atoms with Crippen LogP contribution in [0.15, 0.2) is 48.5 Å². The summed E-state index contributed by atoms with van der Waals surface area (Å²) in [7, 11) is 1.57. The molecule has 0 saturated carbocycles. The van der Waals surface area contributed by atoms with Gasteiger partial charge in [0.2, 0.25) is 0 Å². The summed E-state index contributed by atoms with van der Waals surface area (Å²) in [4.78, 5) is 12.2. The molecule has 2 atom stereocenters. The maximum atomic E-state index is 12.2. The molecule has 0 aliphatic carbocycles. The van der Waals surface area contributed by atoms with Crippen molar-refractivity contribution in [3.63, 3.8) is 0 Å². The predicted molar refractivity (Wildman–Crippen MR) is 87.9 cm³/mol. The third kappa shape index (κ3) is 3.21. The van der Waals surface area contributed by atoms with E-state index in [1.807, 2.05) is 24.3 Å². The van der Waals surface area contributed by atoms with E-state index in [4.69, 9.17) is 9.47 Å². The quantitative estimate of drug-likeness (QED) is 0.822. The number of aliphatic hydroxyl groups is 1. The molecule has 0 spiro atoms. The van der Waals surface area contributed by atoms with Crippen molar-refractivity contribution >= 4 is 5.97 Å². The summed E-state index contributed by atoms with van der Waals surface area (Å²) in [6.45, 7) is 0.162. The molecule has 2 N–H and O–H groups in total. The van der Waals surface area contributed by atoms with E-state index in [1.54, 1.807) is 31.4 Å². The molecule has 1 aliphatic heterocycles. The second kappa shape index (κ2) is 6.53. The number of ether oxygens (including phenoxy) is 2. The highest BCUT2D eigenvalue weighted by molar-refractivity contribution is 5.82. The normalized spacial score (nSPS) is 23.1. The van der Waals surface area contributed by atoms with Gasteiger partial charge < -0.3 is 19.7 Å². The summed E-state index contributed by atoms with van der Waals surface area (Å²) in [6.07, 6.45) is 0.604. The van der Waals surface area contributed by atoms with Crippen molar-refractivity contribution < 1.29 is 24.5 Å². The fourth-order valence-electron chi connectivity index (χ4n) is 3.11. The molecule has 0 unspecified atom stereocenters. The molecule has 2 aromatic rings. The van der Waals surface area contributed by atoms with Crippen LogP contribution in [-0.4, -0.2) is 35.5 Å². The number of methoxy groups -OCH3 is 1. The number of hydrogen-bond acceptors (Lipinski definition) is 5. The van der Waals surface area contributed by atoms with Gasteiger partial charge in [0.25, 0.3) is 0 Å². The van der Waals surface area contributed by atoms with Crippen molar-refractivity contribution in [3.8, 4) is 11.5 Å². The lowest BCUT2D eigenvalue weighted by Crippen LogP contribution is -2.44. The average molecular weight is 328 g/mol. The lowest BCUT2D eigenvalue weighted by molar-refractivity contribution is -0.154. The number of aromatic hydroxyl groups is 1. The Kier molecular flexibility index (Phi) is 4.44. The smallest absolute Gasteiger partial charge is 0.338 e. The molecular weight excluding hydrogens is 308 g/mol. The van der Waals surface area contributed by atoms with Gasteiger partial charge in [-0.05, 0) is 41.8 Å². The Balaban J connectivity index is 1.83. The van der Waals surface area contributed by atoms with Crippen LogP contribution >= 0.6 is 0 Å². The minimum absolute atomic E-state index is 0.159. The molecule has 0 amide bonds. The highest BCUT2D eigenvalue weighted by atomic mass is 16.6. The summed E-state index contributed by atoms with van der Waals surface area (Å²) in [6, 6.07) is 14.1. The van der Waals surface area contributed by atoms with E-state index in [1.165, 1.54) is 0 Å². The van der Waals surface area contributed by atoms with Crippen molar-refractivity contribution in [1.82, 2.24) is 0 Å². The number of hydrogen-bond donors (Lipinski definition) is 2. The first kappa shape index (κ1) is 16.3. The fourth-order valence-corrected chi connectivity index (χ4v) is 3.11. The highest BCUT2D eigenvalue weighted by Crippen LogP contribution is 2.34. The number of phenolic OH excluding ortho intramolecular Hbond substituents is 1. The van der Waals surface area contributed by atoms with Crippen LogP contribution < -0.4 is 4.74 Å². The monoisotopic (exact) mass is 328 g/mol. The van der Waals surface area contributed by atoms with Gasteiger partial charge in [0, 0.05) is 12.3 Å². The molecule has 1 fully saturated rings. The van der Waals surface area contributed by atoms with Crippen LogP contribution in [0.5, 0.6) is 11.5 Å². The number of esters is 1. The Morgan fingerprint density at radius 1 is 1.21 bits per heavy atom. The summed E-state index contributed by atoms with van der Waals surface area (Å²) in [5, 5.41) is 20.6. The van der Waals surface area contributed by atoms with Crippen molar-refractivity contribution in [3.05, 3.63) is 59.7 Å². The SMILES string of the molecule is COc1cccc(C[C@@]2(O)C(=O)OC[C@@H]2Cc2cccc(O)c2)c1. The van der Waals surface area contributed by atoms with Crippen LogP contribution in [0.25, 0.3) is 0 Å². The highest BCUT2D eigenvalue weighted by Gasteiger charge is 2.50.